The molecule has 8 nitrogen and oxygen atoms in total. The lowest BCUT2D eigenvalue weighted by Crippen LogP contribution is -2.32. The van der Waals surface area contributed by atoms with Crippen molar-refractivity contribution in [2.24, 2.45) is 5.73 Å². The zero-order valence-corrected chi connectivity index (χ0v) is 29.0. The van der Waals surface area contributed by atoms with Crippen LogP contribution in [0.5, 0.6) is 0 Å². The first-order chi connectivity index (χ1) is 18.4. The summed E-state index contributed by atoms with van der Waals surface area (Å²) in [6.07, 6.45) is 1.81. The molecule has 1 aromatic heterocycles. The van der Waals surface area contributed by atoms with Crippen molar-refractivity contribution >= 4 is 97.1 Å². The summed E-state index contributed by atoms with van der Waals surface area (Å²) < 4.78 is 10.9. The van der Waals surface area contributed by atoms with Gasteiger partial charge in [0.05, 0.1) is 26.4 Å². The smallest absolute Gasteiger partial charge is 0.312 e. The molecule has 0 unspecified atom stereocenters. The van der Waals surface area contributed by atoms with Crippen LogP contribution in [0.1, 0.15) is 22.6 Å². The Hall–Kier alpha value is -1.43. The molecule has 0 saturated heterocycles. The molecule has 15 heteroatoms. The van der Waals surface area contributed by atoms with E-state index in [-0.39, 0.29) is 68.0 Å². The number of likely N-dealkylation sites (N-methyl/N-ethyl adjacent to an activating group) is 1. The number of nitrogens with one attached hydrogen (secondary N) is 2. The van der Waals surface area contributed by atoms with Gasteiger partial charge in [-0.15, -0.1) is 62.0 Å². The Morgan fingerprint density at radius 3 is 2.33 bits per heavy atom. The van der Waals surface area contributed by atoms with Gasteiger partial charge in [0.1, 0.15) is 5.82 Å². The van der Waals surface area contributed by atoms with Gasteiger partial charge in [0.25, 0.3) is 0 Å². The van der Waals surface area contributed by atoms with Gasteiger partial charge in [-0.3, -0.25) is 0 Å². The van der Waals surface area contributed by atoms with Crippen LogP contribution in [-0.4, -0.2) is 69.0 Å². The Bertz CT molecular complexity index is 1260. The minimum atomic E-state index is -0.556. The lowest BCUT2D eigenvalue weighted by molar-refractivity contribution is 0.0533. The predicted octanol–water partition coefficient (Wildman–Crippen LogP) is 6.86. The molecule has 0 fully saturated rings. The summed E-state index contributed by atoms with van der Waals surface area (Å²) >= 11 is 12.9. The van der Waals surface area contributed by atoms with Crippen molar-refractivity contribution in [1.82, 2.24) is 15.2 Å². The number of nitrogens with two attached hydrogens (primary N) is 1. The number of nitrogens with zero attached hydrogens (tertiary/aromatic N) is 2. The zero-order chi connectivity index (χ0) is 26.9. The topological polar surface area (TPSA) is 102 Å². The third-order valence-electron chi connectivity index (χ3n) is 6.34. The fourth-order valence-corrected chi connectivity index (χ4v) is 5.16. The second-order valence-electron chi connectivity index (χ2n) is 9.20. The van der Waals surface area contributed by atoms with Crippen LogP contribution in [0.2, 0.25) is 10.0 Å². The highest BCUT2D eigenvalue weighted by Crippen LogP contribution is 2.39. The van der Waals surface area contributed by atoms with Crippen LogP contribution in [0.4, 0.5) is 10.6 Å². The van der Waals surface area contributed by atoms with Crippen LogP contribution < -0.4 is 16.4 Å². The van der Waals surface area contributed by atoms with Crippen molar-refractivity contribution in [2.75, 3.05) is 58.4 Å². The van der Waals surface area contributed by atoms with Crippen LogP contribution in [0.3, 0.4) is 0 Å². The van der Waals surface area contributed by atoms with Gasteiger partial charge in [0.2, 0.25) is 0 Å². The van der Waals surface area contributed by atoms with Gasteiger partial charge in [-0.05, 0) is 59.1 Å². The Kier molecular flexibility index (Phi) is 22.5. The summed E-state index contributed by atoms with van der Waals surface area (Å²) in [6, 6.07) is 16.0. The monoisotopic (exact) mass is 737 g/mol. The van der Waals surface area contributed by atoms with Crippen LogP contribution in [0.15, 0.2) is 54.7 Å². The maximum Gasteiger partial charge on any atom is 0.312 e. The summed E-state index contributed by atoms with van der Waals surface area (Å²) in [5, 5.41) is 7.16. The first kappa shape index (κ1) is 43.7. The van der Waals surface area contributed by atoms with Crippen LogP contribution >= 0.6 is 85.2 Å². The maximum atomic E-state index is 10.6. The average molecular weight is 741 g/mol. The van der Waals surface area contributed by atoms with Crippen LogP contribution in [0, 0.1) is 0 Å². The second-order valence-corrected chi connectivity index (χ2v) is 10.0. The Morgan fingerprint density at radius 1 is 0.953 bits per heavy atom. The highest BCUT2D eigenvalue weighted by molar-refractivity contribution is 6.35. The lowest BCUT2D eigenvalue weighted by Gasteiger charge is -2.33. The van der Waals surface area contributed by atoms with E-state index in [0.717, 1.165) is 40.6 Å². The summed E-state index contributed by atoms with van der Waals surface area (Å²) in [4.78, 5) is 17.3. The van der Waals surface area contributed by atoms with Crippen molar-refractivity contribution < 1.29 is 14.3 Å². The molecule has 0 bridgehead atoms. The minimum absolute atomic E-state index is 0. The quantitative estimate of drug-likeness (QED) is 0.176. The Labute approximate surface area is 294 Å². The number of hydrogen-bond acceptors (Lipinski definition) is 6. The largest absolute Gasteiger partial charge is 0.377 e. The molecule has 242 valence electrons. The number of pyridine rings is 1. The molecule has 0 spiro atoms. The number of hydrogen-bond donors (Lipinski definition) is 3. The number of urea groups is 1. The van der Waals surface area contributed by atoms with E-state index in [1.807, 2.05) is 24.4 Å². The summed E-state index contributed by atoms with van der Waals surface area (Å²) in [7, 11) is 2.12. The highest BCUT2D eigenvalue weighted by Gasteiger charge is 2.27. The van der Waals surface area contributed by atoms with Crippen molar-refractivity contribution in [3.63, 3.8) is 0 Å². The Morgan fingerprint density at radius 2 is 1.63 bits per heavy atom. The zero-order valence-electron chi connectivity index (χ0n) is 23.4. The molecule has 2 amide bonds. The lowest BCUT2D eigenvalue weighted by atomic mass is 9.84. The van der Waals surface area contributed by atoms with Gasteiger partial charge in [-0.1, -0.05) is 47.5 Å². The molecule has 4 N–H and O–H groups in total. The van der Waals surface area contributed by atoms with E-state index in [0.29, 0.717) is 44.5 Å². The molecule has 2 heterocycles. The average Bonchev–Trinajstić information content (AvgIpc) is 2.90. The number of primary amides is 1. The molecule has 0 radical (unpaired) electrons. The number of carbonyl (C=O) groups excluding carboxylic acids is 1. The number of anilines is 1. The molecule has 3 aromatic rings. The van der Waals surface area contributed by atoms with Crippen LogP contribution in [-0.2, 0) is 16.0 Å². The van der Waals surface area contributed by atoms with Crippen molar-refractivity contribution in [3.05, 3.63) is 81.5 Å². The van der Waals surface area contributed by atoms with E-state index < -0.39 is 6.03 Å². The molecular formula is C28H38Cl7N5O3. The van der Waals surface area contributed by atoms with Gasteiger partial charge in [0, 0.05) is 48.3 Å². The standard InChI is InChI=1S/C28H33Cl2N5O3.5ClH/c1-35-17-24(23-15-22(29)16-26(30)25(23)18-35)21-4-2-3-19(13-21)20-5-6-32-27(14-20)33-7-9-37-11-12-38-10-8-34-28(31)36;;;;;/h2-6,13-16,24H,7-12,17-18H2,1H3,(H,32,33)(H3,31,34,36);5*1H/t24-;;;;;/m0...../s1. The molecule has 0 aliphatic carbocycles. The van der Waals surface area contributed by atoms with E-state index in [1.165, 1.54) is 11.1 Å². The highest BCUT2D eigenvalue weighted by atomic mass is 35.5. The van der Waals surface area contributed by atoms with Gasteiger partial charge < -0.3 is 30.7 Å². The number of benzene rings is 2. The van der Waals surface area contributed by atoms with E-state index in [9.17, 15) is 4.79 Å². The van der Waals surface area contributed by atoms with E-state index in [4.69, 9.17) is 38.4 Å². The second kappa shape index (κ2) is 22.1. The first-order valence-corrected chi connectivity index (χ1v) is 13.3. The summed E-state index contributed by atoms with van der Waals surface area (Å²) in [5.41, 5.74) is 10.8. The molecule has 43 heavy (non-hydrogen) atoms. The van der Waals surface area contributed by atoms with E-state index >= 15 is 0 Å². The third kappa shape index (κ3) is 13.2. The van der Waals surface area contributed by atoms with Gasteiger partial charge in [0.15, 0.2) is 0 Å². The fraction of sp³-hybridized carbons (Fsp3) is 0.357. The van der Waals surface area contributed by atoms with Gasteiger partial charge in [-0.25, -0.2) is 9.78 Å². The van der Waals surface area contributed by atoms with Crippen molar-refractivity contribution in [2.45, 2.75) is 12.5 Å². The molecule has 0 saturated carbocycles. The number of carbonyl (C=O) groups is 1. The number of halogens is 7. The normalized spacial score (nSPS) is 13.4. The Balaban J connectivity index is 0. The number of fused-ring (bicyclic) bond motifs is 1. The third-order valence-corrected chi connectivity index (χ3v) is 6.90. The summed E-state index contributed by atoms with van der Waals surface area (Å²) in [6.45, 7) is 4.54. The SMILES string of the molecule is CN1Cc2c(Cl)cc(Cl)cc2[C@H](c2cccc(-c3ccnc(NCCOCCOCCNC(N)=O)c3)c2)C1.Cl.Cl.Cl.Cl.Cl. The number of rotatable bonds is 12. The molecule has 1 atom stereocenters. The molecule has 2 aromatic carbocycles. The molecule has 1 aliphatic rings. The number of ether oxygens (including phenoxy) is 2. The molecule has 1 aliphatic heterocycles. The molecular weight excluding hydrogens is 703 g/mol. The fourth-order valence-electron chi connectivity index (χ4n) is 4.59. The van der Waals surface area contributed by atoms with Gasteiger partial charge in [-0.2, -0.15) is 0 Å². The first-order valence-electron chi connectivity index (χ1n) is 12.6. The van der Waals surface area contributed by atoms with E-state index in [2.05, 4.69) is 57.9 Å². The van der Waals surface area contributed by atoms with E-state index in [1.54, 1.807) is 0 Å². The van der Waals surface area contributed by atoms with Gasteiger partial charge >= 0.3 is 6.03 Å². The number of aromatic nitrogens is 1. The maximum absolute atomic E-state index is 10.6. The van der Waals surface area contributed by atoms with Crippen LogP contribution in [0.25, 0.3) is 11.1 Å². The molecule has 4 rings (SSSR count). The van der Waals surface area contributed by atoms with Crippen molar-refractivity contribution in [1.29, 1.82) is 0 Å². The minimum Gasteiger partial charge on any atom is -0.377 e. The predicted molar refractivity (Wildman–Crippen MR) is 188 cm³/mol. The number of amides is 2. The summed E-state index contributed by atoms with van der Waals surface area (Å²) in [5.74, 6) is 0.964. The van der Waals surface area contributed by atoms with Crippen molar-refractivity contribution in [3.8, 4) is 11.1 Å².